The summed E-state index contributed by atoms with van der Waals surface area (Å²) in [6.45, 7) is 2.34. The Labute approximate surface area is 127 Å². The van der Waals surface area contributed by atoms with Gasteiger partial charge in [-0.25, -0.2) is 0 Å². The van der Waals surface area contributed by atoms with Crippen LogP contribution in [0, 0.1) is 0 Å². The molecule has 0 saturated heterocycles. The summed E-state index contributed by atoms with van der Waals surface area (Å²) in [6.07, 6.45) is 0.112. The second kappa shape index (κ2) is 10.1. The molecule has 1 aromatic rings. The Kier molecular flexibility index (Phi) is 8.77. The molecule has 1 atom stereocenters. The van der Waals surface area contributed by atoms with Crippen LogP contribution >= 0.6 is 21.6 Å². The van der Waals surface area contributed by atoms with Gasteiger partial charge in [0.2, 0.25) is 0 Å². The summed E-state index contributed by atoms with van der Waals surface area (Å²) in [5, 5.41) is 0. The van der Waals surface area contributed by atoms with Crippen molar-refractivity contribution in [1.82, 2.24) is 0 Å². The number of hydrogen-bond acceptors (Lipinski definition) is 6. The first kappa shape index (κ1) is 17.4. The monoisotopic (exact) mass is 316 g/mol. The van der Waals surface area contributed by atoms with E-state index in [4.69, 9.17) is 14.2 Å². The lowest BCUT2D eigenvalue weighted by molar-refractivity contribution is -0.142. The van der Waals surface area contributed by atoms with E-state index in [1.165, 1.54) is 6.92 Å². The largest absolute Gasteiger partial charge is 0.461 e. The first-order valence-electron chi connectivity index (χ1n) is 6.19. The molecule has 0 bridgehead atoms. The van der Waals surface area contributed by atoms with Gasteiger partial charge in [0.25, 0.3) is 0 Å². The molecule has 0 amide bonds. The third-order valence-electron chi connectivity index (χ3n) is 2.46. The van der Waals surface area contributed by atoms with E-state index in [9.17, 15) is 4.79 Å². The zero-order valence-electron chi connectivity index (χ0n) is 12.0. The summed E-state index contributed by atoms with van der Waals surface area (Å²) < 4.78 is 15.3. The predicted octanol–water partition coefficient (Wildman–Crippen LogP) is 3.15. The minimum atomic E-state index is -0.261. The first-order valence-corrected chi connectivity index (χ1v) is 8.51. The molecule has 112 valence electrons. The molecular formula is C14H20O4S2. The fraction of sp³-hybridized carbons (Fsp3) is 0.500. The molecule has 0 radical (unpaired) electrons. The van der Waals surface area contributed by atoms with Crippen molar-refractivity contribution < 1.29 is 19.0 Å². The average molecular weight is 316 g/mol. The van der Waals surface area contributed by atoms with Crippen molar-refractivity contribution in [3.05, 3.63) is 29.8 Å². The summed E-state index contributed by atoms with van der Waals surface area (Å²) in [7, 11) is 6.79. The van der Waals surface area contributed by atoms with Gasteiger partial charge in [0.15, 0.2) is 0 Å². The maximum atomic E-state index is 10.7. The number of methoxy groups -OCH3 is 2. The first-order chi connectivity index (χ1) is 9.65. The summed E-state index contributed by atoms with van der Waals surface area (Å²) in [6, 6.07) is 7.98. The van der Waals surface area contributed by atoms with Crippen LogP contribution in [0.25, 0.3) is 0 Å². The van der Waals surface area contributed by atoms with Crippen molar-refractivity contribution in [2.24, 2.45) is 0 Å². The zero-order valence-corrected chi connectivity index (χ0v) is 13.6. The molecule has 4 nitrogen and oxygen atoms in total. The molecular weight excluding hydrogens is 296 g/mol. The molecule has 0 fully saturated rings. The quantitative estimate of drug-likeness (QED) is 0.515. The standard InChI is InChI=1S/C14H20O4S2/c1-11(15)18-8-12-4-6-14(7-5-12)20-19-10-13(17-3)9-16-2/h4-7,13H,8-10H2,1-3H3. The zero-order chi connectivity index (χ0) is 14.8. The van der Waals surface area contributed by atoms with Gasteiger partial charge in [-0.05, 0) is 17.7 Å². The number of carbonyl (C=O) groups is 1. The summed E-state index contributed by atoms with van der Waals surface area (Å²) in [5.74, 6) is 0.604. The molecule has 0 heterocycles. The molecule has 6 heteroatoms. The molecule has 0 aliphatic carbocycles. The number of rotatable bonds is 9. The van der Waals surface area contributed by atoms with Crippen molar-refractivity contribution in [3.63, 3.8) is 0 Å². The van der Waals surface area contributed by atoms with Gasteiger partial charge < -0.3 is 14.2 Å². The van der Waals surface area contributed by atoms with Gasteiger partial charge in [0.1, 0.15) is 6.61 Å². The Bertz CT molecular complexity index is 395. The van der Waals surface area contributed by atoms with Crippen LogP contribution in [0.2, 0.25) is 0 Å². The van der Waals surface area contributed by atoms with Crippen LogP contribution in [0.4, 0.5) is 0 Å². The molecule has 0 spiro atoms. The number of benzene rings is 1. The van der Waals surface area contributed by atoms with Crippen molar-refractivity contribution in [3.8, 4) is 0 Å². The molecule has 0 saturated carbocycles. The summed E-state index contributed by atoms with van der Waals surface area (Å²) in [5.41, 5.74) is 0.990. The lowest BCUT2D eigenvalue weighted by Gasteiger charge is -2.13. The Morgan fingerprint density at radius 1 is 1.25 bits per heavy atom. The topological polar surface area (TPSA) is 44.8 Å². The van der Waals surface area contributed by atoms with Crippen molar-refractivity contribution in [2.45, 2.75) is 24.5 Å². The maximum Gasteiger partial charge on any atom is 0.302 e. The molecule has 0 aliphatic rings. The predicted molar refractivity (Wildman–Crippen MR) is 82.9 cm³/mol. The Hall–Kier alpha value is -0.690. The van der Waals surface area contributed by atoms with E-state index >= 15 is 0 Å². The van der Waals surface area contributed by atoms with Crippen LogP contribution in [0.15, 0.2) is 29.2 Å². The minimum absolute atomic E-state index is 0.112. The molecule has 0 N–H and O–H groups in total. The van der Waals surface area contributed by atoms with Crippen LogP contribution in [-0.2, 0) is 25.6 Å². The van der Waals surface area contributed by atoms with Gasteiger partial charge in [-0.3, -0.25) is 4.79 Å². The second-order valence-corrected chi connectivity index (χ2v) is 6.52. The highest BCUT2D eigenvalue weighted by Gasteiger charge is 2.07. The van der Waals surface area contributed by atoms with E-state index in [0.717, 1.165) is 16.2 Å². The van der Waals surface area contributed by atoms with Gasteiger partial charge in [0.05, 0.1) is 12.7 Å². The van der Waals surface area contributed by atoms with Crippen LogP contribution in [0.1, 0.15) is 12.5 Å². The minimum Gasteiger partial charge on any atom is -0.461 e. The van der Waals surface area contributed by atoms with Crippen LogP contribution in [0.5, 0.6) is 0 Å². The van der Waals surface area contributed by atoms with Crippen molar-refractivity contribution >= 4 is 27.6 Å². The molecule has 0 aromatic heterocycles. The lowest BCUT2D eigenvalue weighted by Crippen LogP contribution is -2.19. The van der Waals surface area contributed by atoms with Gasteiger partial charge in [-0.15, -0.1) is 0 Å². The van der Waals surface area contributed by atoms with E-state index in [1.807, 2.05) is 24.3 Å². The average Bonchev–Trinajstić information content (AvgIpc) is 2.45. The molecule has 20 heavy (non-hydrogen) atoms. The van der Waals surface area contributed by atoms with E-state index in [-0.39, 0.29) is 12.1 Å². The maximum absolute atomic E-state index is 10.7. The Morgan fingerprint density at radius 2 is 1.95 bits per heavy atom. The van der Waals surface area contributed by atoms with Gasteiger partial charge in [-0.2, -0.15) is 0 Å². The molecule has 0 aliphatic heterocycles. The highest BCUT2D eigenvalue weighted by molar-refractivity contribution is 8.76. The summed E-state index contributed by atoms with van der Waals surface area (Å²) >= 11 is 0. The number of hydrogen-bond donors (Lipinski definition) is 0. The summed E-state index contributed by atoms with van der Waals surface area (Å²) in [4.78, 5) is 11.9. The second-order valence-electron chi connectivity index (χ2n) is 4.11. The normalized spacial score (nSPS) is 12.2. The van der Waals surface area contributed by atoms with E-state index in [0.29, 0.717) is 13.2 Å². The SMILES string of the molecule is COCC(CSSc1ccc(COC(C)=O)cc1)OC. The Balaban J connectivity index is 2.32. The highest BCUT2D eigenvalue weighted by atomic mass is 33.1. The third kappa shape index (κ3) is 7.19. The van der Waals surface area contributed by atoms with E-state index in [1.54, 1.807) is 35.8 Å². The number of carbonyl (C=O) groups excluding carboxylic acids is 1. The smallest absolute Gasteiger partial charge is 0.302 e. The third-order valence-corrected chi connectivity index (χ3v) is 4.89. The van der Waals surface area contributed by atoms with Crippen LogP contribution in [-0.4, -0.2) is 38.7 Å². The van der Waals surface area contributed by atoms with Gasteiger partial charge in [0, 0.05) is 31.8 Å². The molecule has 1 aromatic carbocycles. The fourth-order valence-corrected chi connectivity index (χ4v) is 3.61. The number of ether oxygens (including phenoxy) is 3. The van der Waals surface area contributed by atoms with E-state index in [2.05, 4.69) is 0 Å². The van der Waals surface area contributed by atoms with E-state index < -0.39 is 0 Å². The van der Waals surface area contributed by atoms with Crippen molar-refractivity contribution in [2.75, 3.05) is 26.6 Å². The van der Waals surface area contributed by atoms with Gasteiger partial charge >= 0.3 is 5.97 Å². The Morgan fingerprint density at radius 3 is 2.50 bits per heavy atom. The molecule has 1 rings (SSSR count). The van der Waals surface area contributed by atoms with Crippen LogP contribution in [0.3, 0.4) is 0 Å². The van der Waals surface area contributed by atoms with Crippen LogP contribution < -0.4 is 0 Å². The van der Waals surface area contributed by atoms with Gasteiger partial charge in [-0.1, -0.05) is 33.7 Å². The highest BCUT2D eigenvalue weighted by Crippen LogP contribution is 2.31. The van der Waals surface area contributed by atoms with Crippen molar-refractivity contribution in [1.29, 1.82) is 0 Å². The lowest BCUT2D eigenvalue weighted by atomic mass is 10.2. The number of esters is 1. The fourth-order valence-electron chi connectivity index (χ4n) is 1.37. The molecule has 1 unspecified atom stereocenters.